The Hall–Kier alpha value is -1.63. The summed E-state index contributed by atoms with van der Waals surface area (Å²) in [5.41, 5.74) is 8.49. The number of guanidine groups is 1. The zero-order chi connectivity index (χ0) is 17.9. The lowest BCUT2D eigenvalue weighted by molar-refractivity contribution is 0.0376. The third-order valence-electron chi connectivity index (χ3n) is 4.48. The zero-order valence-corrected chi connectivity index (χ0v) is 15.7. The highest BCUT2D eigenvalue weighted by molar-refractivity contribution is 5.77. The van der Waals surface area contributed by atoms with E-state index in [1.54, 1.807) is 0 Å². The molecule has 25 heavy (non-hydrogen) atoms. The maximum absolute atomic E-state index is 5.98. The summed E-state index contributed by atoms with van der Waals surface area (Å²) in [6.45, 7) is 10.5. The van der Waals surface area contributed by atoms with E-state index in [0.29, 0.717) is 12.5 Å². The molecule has 6 heteroatoms. The van der Waals surface area contributed by atoms with E-state index in [2.05, 4.69) is 58.3 Å². The van der Waals surface area contributed by atoms with Crippen LogP contribution in [0, 0.1) is 0 Å². The summed E-state index contributed by atoms with van der Waals surface area (Å²) in [4.78, 5) is 9.17. The molecule has 1 aliphatic rings. The van der Waals surface area contributed by atoms with Crippen LogP contribution in [0.1, 0.15) is 24.5 Å². The first kappa shape index (κ1) is 19.7. The predicted octanol–water partition coefficient (Wildman–Crippen LogP) is 1.26. The Morgan fingerprint density at radius 2 is 2.08 bits per heavy atom. The summed E-state index contributed by atoms with van der Waals surface area (Å²) in [5.74, 6) is 0.526. The van der Waals surface area contributed by atoms with Crippen LogP contribution < -0.4 is 11.1 Å². The van der Waals surface area contributed by atoms with Crippen molar-refractivity contribution < 1.29 is 4.74 Å². The Bertz CT molecular complexity index is 528. The van der Waals surface area contributed by atoms with Gasteiger partial charge in [0, 0.05) is 26.2 Å². The summed E-state index contributed by atoms with van der Waals surface area (Å²) in [5, 5.41) is 3.21. The second-order valence-electron chi connectivity index (χ2n) is 6.59. The monoisotopic (exact) mass is 347 g/mol. The van der Waals surface area contributed by atoms with Crippen molar-refractivity contribution in [2.24, 2.45) is 10.7 Å². The van der Waals surface area contributed by atoms with Crippen molar-refractivity contribution in [1.82, 2.24) is 15.1 Å². The first-order valence-electron chi connectivity index (χ1n) is 9.27. The maximum atomic E-state index is 5.98. The van der Waals surface area contributed by atoms with E-state index in [-0.39, 0.29) is 0 Å². The number of benzene rings is 1. The van der Waals surface area contributed by atoms with Gasteiger partial charge in [0.1, 0.15) is 0 Å². The first-order chi connectivity index (χ1) is 12.2. The van der Waals surface area contributed by atoms with Crippen LogP contribution in [0.3, 0.4) is 0 Å². The highest BCUT2D eigenvalue weighted by atomic mass is 16.5. The van der Waals surface area contributed by atoms with Gasteiger partial charge in [0.25, 0.3) is 0 Å². The Morgan fingerprint density at radius 3 is 2.84 bits per heavy atom. The van der Waals surface area contributed by atoms with Crippen LogP contribution in [-0.2, 0) is 17.8 Å². The van der Waals surface area contributed by atoms with Gasteiger partial charge in [-0.3, -0.25) is 4.90 Å². The summed E-state index contributed by atoms with van der Waals surface area (Å²) >= 11 is 0. The number of nitrogens with two attached hydrogens (primary N) is 1. The minimum Gasteiger partial charge on any atom is -0.379 e. The maximum Gasteiger partial charge on any atom is 0.188 e. The Kier molecular flexibility index (Phi) is 8.72. The van der Waals surface area contributed by atoms with Crippen molar-refractivity contribution in [1.29, 1.82) is 0 Å². The van der Waals surface area contributed by atoms with Gasteiger partial charge in [0.2, 0.25) is 0 Å². The van der Waals surface area contributed by atoms with Gasteiger partial charge in [-0.1, -0.05) is 31.2 Å². The van der Waals surface area contributed by atoms with Crippen LogP contribution >= 0.6 is 0 Å². The van der Waals surface area contributed by atoms with Gasteiger partial charge in [-0.2, -0.15) is 0 Å². The Balaban J connectivity index is 1.68. The number of nitrogens with zero attached hydrogens (tertiary/aromatic N) is 3. The fourth-order valence-electron chi connectivity index (χ4n) is 2.83. The summed E-state index contributed by atoms with van der Waals surface area (Å²) in [6.07, 6.45) is 1.06. The van der Waals surface area contributed by atoms with E-state index < -0.39 is 0 Å². The molecular weight excluding hydrogens is 314 g/mol. The van der Waals surface area contributed by atoms with Gasteiger partial charge in [-0.05, 0) is 37.7 Å². The van der Waals surface area contributed by atoms with Crippen molar-refractivity contribution in [2.75, 3.05) is 53.0 Å². The molecule has 1 aromatic rings. The van der Waals surface area contributed by atoms with Gasteiger partial charge in [0.15, 0.2) is 5.96 Å². The molecule has 6 nitrogen and oxygen atoms in total. The second kappa shape index (κ2) is 11.1. The number of hydrogen-bond acceptors (Lipinski definition) is 4. The third kappa shape index (κ3) is 7.86. The average molecular weight is 348 g/mol. The molecule has 0 aromatic heterocycles. The van der Waals surface area contributed by atoms with Crippen molar-refractivity contribution in [3.8, 4) is 0 Å². The molecule has 0 unspecified atom stereocenters. The van der Waals surface area contributed by atoms with Crippen LogP contribution in [0.5, 0.6) is 0 Å². The van der Waals surface area contributed by atoms with Gasteiger partial charge in [-0.25, -0.2) is 4.99 Å². The molecule has 1 aromatic carbocycles. The predicted molar refractivity (Wildman–Crippen MR) is 104 cm³/mol. The molecule has 0 spiro atoms. The molecule has 2 rings (SSSR count). The van der Waals surface area contributed by atoms with Crippen molar-refractivity contribution >= 4 is 5.96 Å². The lowest BCUT2D eigenvalue weighted by Gasteiger charge is -2.26. The molecular formula is C19H33N5O. The smallest absolute Gasteiger partial charge is 0.188 e. The van der Waals surface area contributed by atoms with E-state index in [0.717, 1.165) is 58.9 Å². The molecule has 0 amide bonds. The van der Waals surface area contributed by atoms with Crippen LogP contribution in [0.25, 0.3) is 0 Å². The van der Waals surface area contributed by atoms with Crippen molar-refractivity contribution in [3.63, 3.8) is 0 Å². The van der Waals surface area contributed by atoms with E-state index >= 15 is 0 Å². The van der Waals surface area contributed by atoms with E-state index in [1.165, 1.54) is 11.1 Å². The molecule has 0 saturated carbocycles. The lowest BCUT2D eigenvalue weighted by Crippen LogP contribution is -2.39. The lowest BCUT2D eigenvalue weighted by atomic mass is 10.1. The fourth-order valence-corrected chi connectivity index (χ4v) is 2.83. The Labute approximate surface area is 152 Å². The molecule has 3 N–H and O–H groups in total. The first-order valence-corrected chi connectivity index (χ1v) is 9.27. The number of aliphatic imine (C=N–C) groups is 1. The van der Waals surface area contributed by atoms with Crippen LogP contribution in [0.4, 0.5) is 0 Å². The number of morpholine rings is 1. The molecule has 0 atom stereocenters. The highest BCUT2D eigenvalue weighted by Crippen LogP contribution is 2.08. The number of ether oxygens (including phenoxy) is 1. The molecule has 0 radical (unpaired) electrons. The molecule has 1 saturated heterocycles. The number of hydrogen-bond donors (Lipinski definition) is 2. The van der Waals surface area contributed by atoms with Crippen LogP contribution in [0.2, 0.25) is 0 Å². The minimum atomic E-state index is 0.526. The highest BCUT2D eigenvalue weighted by Gasteiger charge is 2.09. The van der Waals surface area contributed by atoms with E-state index in [4.69, 9.17) is 10.5 Å². The second-order valence-corrected chi connectivity index (χ2v) is 6.59. The van der Waals surface area contributed by atoms with Gasteiger partial charge < -0.3 is 20.7 Å². The molecule has 1 fully saturated rings. The van der Waals surface area contributed by atoms with E-state index in [1.807, 2.05) is 0 Å². The van der Waals surface area contributed by atoms with Crippen LogP contribution in [0.15, 0.2) is 29.3 Å². The standard InChI is InChI=1S/C19H33N5O/c1-3-23(2)16-18-7-4-6-17(14-18)15-22-19(20)21-8-5-9-24-10-12-25-13-11-24/h4,6-7,14H,3,5,8-13,15-16H2,1-2H3,(H3,20,21,22). The average Bonchev–Trinajstić information content (AvgIpc) is 2.64. The number of nitrogens with one attached hydrogen (secondary N) is 1. The molecule has 1 heterocycles. The quantitative estimate of drug-likeness (QED) is 0.400. The van der Waals surface area contributed by atoms with Crippen molar-refractivity contribution in [3.05, 3.63) is 35.4 Å². The van der Waals surface area contributed by atoms with E-state index in [9.17, 15) is 0 Å². The topological polar surface area (TPSA) is 66.1 Å². The summed E-state index contributed by atoms with van der Waals surface area (Å²) < 4.78 is 5.35. The summed E-state index contributed by atoms with van der Waals surface area (Å²) in [6, 6.07) is 8.56. The molecule has 0 aliphatic carbocycles. The zero-order valence-electron chi connectivity index (χ0n) is 15.7. The minimum absolute atomic E-state index is 0.526. The van der Waals surface area contributed by atoms with Gasteiger partial charge in [-0.15, -0.1) is 0 Å². The fraction of sp³-hybridized carbons (Fsp3) is 0.632. The molecule has 0 bridgehead atoms. The van der Waals surface area contributed by atoms with Crippen molar-refractivity contribution in [2.45, 2.75) is 26.4 Å². The molecule has 1 aliphatic heterocycles. The van der Waals surface area contributed by atoms with Gasteiger partial charge >= 0.3 is 0 Å². The largest absolute Gasteiger partial charge is 0.379 e. The van der Waals surface area contributed by atoms with Crippen LogP contribution in [-0.4, -0.2) is 68.7 Å². The normalized spacial score (nSPS) is 16.4. The Morgan fingerprint density at radius 1 is 1.32 bits per heavy atom. The third-order valence-corrected chi connectivity index (χ3v) is 4.48. The molecule has 140 valence electrons. The SMILES string of the molecule is CCN(C)Cc1cccc(CN=C(N)NCCCN2CCOCC2)c1. The number of rotatable bonds is 9. The van der Waals surface area contributed by atoms with Gasteiger partial charge in [0.05, 0.1) is 19.8 Å². The summed E-state index contributed by atoms with van der Waals surface area (Å²) in [7, 11) is 2.13.